The lowest BCUT2D eigenvalue weighted by atomic mass is 10.0. The first kappa shape index (κ1) is 17.1. The van der Waals surface area contributed by atoms with Crippen molar-refractivity contribution in [2.24, 2.45) is 0 Å². The number of hydrogen-bond donors (Lipinski definition) is 1. The molecule has 0 fully saturated rings. The Labute approximate surface area is 149 Å². The van der Waals surface area contributed by atoms with Crippen molar-refractivity contribution >= 4 is 63.7 Å². The van der Waals surface area contributed by atoms with Gasteiger partial charge in [0, 0.05) is 15.1 Å². The molecule has 2 rings (SSSR count). The zero-order valence-electron chi connectivity index (χ0n) is 11.1. The second-order valence-electron chi connectivity index (χ2n) is 4.52. The topological polar surface area (TPSA) is 12.0 Å². The van der Waals surface area contributed by atoms with E-state index in [-0.39, 0.29) is 6.04 Å². The molecule has 0 heterocycles. The van der Waals surface area contributed by atoms with E-state index in [9.17, 15) is 0 Å². The molecule has 0 saturated carbocycles. The van der Waals surface area contributed by atoms with E-state index in [1.54, 1.807) is 24.3 Å². The Morgan fingerprint density at radius 3 is 1.95 bits per heavy atom. The Balaban J connectivity index is 2.36. The highest BCUT2D eigenvalue weighted by Crippen LogP contribution is 2.38. The minimum absolute atomic E-state index is 0.0362. The van der Waals surface area contributed by atoms with Crippen LogP contribution in [0, 0.1) is 0 Å². The van der Waals surface area contributed by atoms with Gasteiger partial charge in [-0.25, -0.2) is 0 Å². The minimum atomic E-state index is -0.0362. The van der Waals surface area contributed by atoms with Gasteiger partial charge in [-0.2, -0.15) is 0 Å². The molecule has 0 aliphatic heterocycles. The monoisotopic (exact) mass is 381 g/mol. The molecule has 21 heavy (non-hydrogen) atoms. The number of rotatable bonds is 4. The SMILES string of the molecule is CCC(Nc1c(Cl)cc(Cl)cc1Cl)c1ccc(Cl)cc1Cl. The molecule has 2 aromatic carbocycles. The summed E-state index contributed by atoms with van der Waals surface area (Å²) < 4.78 is 0. The van der Waals surface area contributed by atoms with Crippen molar-refractivity contribution in [2.45, 2.75) is 19.4 Å². The molecule has 1 nitrogen and oxygen atoms in total. The summed E-state index contributed by atoms with van der Waals surface area (Å²) in [6.45, 7) is 2.04. The van der Waals surface area contributed by atoms with Crippen LogP contribution in [0.1, 0.15) is 24.9 Å². The molecule has 0 spiro atoms. The Morgan fingerprint density at radius 1 is 0.857 bits per heavy atom. The van der Waals surface area contributed by atoms with Crippen LogP contribution in [0.3, 0.4) is 0 Å². The summed E-state index contributed by atoms with van der Waals surface area (Å²) in [5.41, 5.74) is 1.58. The van der Waals surface area contributed by atoms with Crippen molar-refractivity contribution in [3.8, 4) is 0 Å². The highest BCUT2D eigenvalue weighted by molar-refractivity contribution is 6.41. The Hall–Kier alpha value is -0.310. The molecule has 6 heteroatoms. The lowest BCUT2D eigenvalue weighted by Crippen LogP contribution is -2.11. The summed E-state index contributed by atoms with van der Waals surface area (Å²) in [5.74, 6) is 0. The van der Waals surface area contributed by atoms with Gasteiger partial charge in [0.05, 0.1) is 21.8 Å². The van der Waals surface area contributed by atoms with Gasteiger partial charge in [-0.1, -0.05) is 71.0 Å². The lowest BCUT2D eigenvalue weighted by Gasteiger charge is -2.22. The van der Waals surface area contributed by atoms with Gasteiger partial charge in [-0.3, -0.25) is 0 Å². The predicted molar refractivity (Wildman–Crippen MR) is 94.6 cm³/mol. The second kappa shape index (κ2) is 7.30. The molecule has 1 atom stereocenters. The highest BCUT2D eigenvalue weighted by Gasteiger charge is 2.16. The van der Waals surface area contributed by atoms with E-state index in [0.29, 0.717) is 30.8 Å². The number of benzene rings is 2. The summed E-state index contributed by atoms with van der Waals surface area (Å²) in [5, 5.41) is 5.95. The molecule has 0 aliphatic rings. The van der Waals surface area contributed by atoms with Crippen LogP contribution in [0.5, 0.6) is 0 Å². The lowest BCUT2D eigenvalue weighted by molar-refractivity contribution is 0.750. The molecule has 0 radical (unpaired) electrons. The number of nitrogens with one attached hydrogen (secondary N) is 1. The van der Waals surface area contributed by atoms with Crippen LogP contribution in [0.15, 0.2) is 30.3 Å². The molecule has 112 valence electrons. The first-order valence-corrected chi connectivity index (χ1v) is 8.17. The van der Waals surface area contributed by atoms with E-state index in [1.165, 1.54) is 0 Å². The van der Waals surface area contributed by atoms with Crippen LogP contribution in [0.2, 0.25) is 25.1 Å². The zero-order chi connectivity index (χ0) is 15.6. The van der Waals surface area contributed by atoms with E-state index in [4.69, 9.17) is 58.0 Å². The quantitative estimate of drug-likeness (QED) is 0.576. The van der Waals surface area contributed by atoms with Gasteiger partial charge in [-0.05, 0) is 36.2 Å². The molecular formula is C15H12Cl5N. The van der Waals surface area contributed by atoms with Crippen molar-refractivity contribution in [3.05, 3.63) is 61.0 Å². The average Bonchev–Trinajstić information content (AvgIpc) is 2.39. The number of hydrogen-bond acceptors (Lipinski definition) is 1. The molecule has 1 unspecified atom stereocenters. The Bertz CT molecular complexity index is 634. The standard InChI is InChI=1S/C15H12Cl5N/c1-2-14(10-4-3-8(16)5-11(10)18)21-15-12(19)6-9(17)7-13(15)20/h3-7,14,21H,2H2,1H3. The van der Waals surface area contributed by atoms with Crippen LogP contribution in [0.4, 0.5) is 5.69 Å². The van der Waals surface area contributed by atoms with E-state index in [1.807, 2.05) is 13.0 Å². The fraction of sp³-hybridized carbons (Fsp3) is 0.200. The van der Waals surface area contributed by atoms with Gasteiger partial charge in [0.1, 0.15) is 0 Å². The average molecular weight is 384 g/mol. The van der Waals surface area contributed by atoms with Crippen LogP contribution in [-0.4, -0.2) is 0 Å². The summed E-state index contributed by atoms with van der Waals surface area (Å²) in [6.07, 6.45) is 0.802. The Morgan fingerprint density at radius 2 is 1.43 bits per heavy atom. The molecule has 0 aromatic heterocycles. The molecule has 0 bridgehead atoms. The summed E-state index contributed by atoms with van der Waals surface area (Å²) in [7, 11) is 0. The van der Waals surface area contributed by atoms with Crippen molar-refractivity contribution in [1.82, 2.24) is 0 Å². The normalized spacial score (nSPS) is 12.3. The van der Waals surface area contributed by atoms with Gasteiger partial charge < -0.3 is 5.32 Å². The highest BCUT2D eigenvalue weighted by atomic mass is 35.5. The minimum Gasteiger partial charge on any atom is -0.376 e. The first-order valence-electron chi connectivity index (χ1n) is 6.28. The maximum Gasteiger partial charge on any atom is 0.0724 e. The zero-order valence-corrected chi connectivity index (χ0v) is 14.8. The van der Waals surface area contributed by atoms with E-state index in [0.717, 1.165) is 12.0 Å². The van der Waals surface area contributed by atoms with E-state index in [2.05, 4.69) is 5.32 Å². The Kier molecular flexibility index (Phi) is 5.93. The van der Waals surface area contributed by atoms with Crippen LogP contribution in [-0.2, 0) is 0 Å². The predicted octanol–water partition coefficient (Wildman–Crippen LogP) is 7.52. The third-order valence-electron chi connectivity index (χ3n) is 3.07. The van der Waals surface area contributed by atoms with Crippen molar-refractivity contribution < 1.29 is 0 Å². The van der Waals surface area contributed by atoms with Gasteiger partial charge in [0.2, 0.25) is 0 Å². The van der Waals surface area contributed by atoms with Crippen molar-refractivity contribution in [2.75, 3.05) is 5.32 Å². The fourth-order valence-corrected chi connectivity index (χ4v) is 3.50. The molecule has 0 saturated heterocycles. The molecule has 0 amide bonds. The van der Waals surface area contributed by atoms with Gasteiger partial charge in [0.15, 0.2) is 0 Å². The summed E-state index contributed by atoms with van der Waals surface area (Å²) in [6, 6.07) is 8.67. The maximum atomic E-state index is 6.26. The maximum absolute atomic E-state index is 6.26. The largest absolute Gasteiger partial charge is 0.376 e. The number of anilines is 1. The summed E-state index contributed by atoms with van der Waals surface area (Å²) >= 11 is 30.5. The second-order valence-corrected chi connectivity index (χ2v) is 6.61. The van der Waals surface area contributed by atoms with Gasteiger partial charge in [0.25, 0.3) is 0 Å². The van der Waals surface area contributed by atoms with E-state index < -0.39 is 0 Å². The van der Waals surface area contributed by atoms with Gasteiger partial charge in [-0.15, -0.1) is 0 Å². The van der Waals surface area contributed by atoms with E-state index >= 15 is 0 Å². The summed E-state index contributed by atoms with van der Waals surface area (Å²) in [4.78, 5) is 0. The first-order chi connectivity index (χ1) is 9.92. The third kappa shape index (κ3) is 4.12. The molecule has 2 aromatic rings. The molecule has 0 aliphatic carbocycles. The van der Waals surface area contributed by atoms with Crippen LogP contribution < -0.4 is 5.32 Å². The van der Waals surface area contributed by atoms with Crippen molar-refractivity contribution in [3.63, 3.8) is 0 Å². The van der Waals surface area contributed by atoms with Gasteiger partial charge >= 0.3 is 0 Å². The smallest absolute Gasteiger partial charge is 0.0724 e. The fourth-order valence-electron chi connectivity index (χ4n) is 2.04. The van der Waals surface area contributed by atoms with Crippen LogP contribution in [0.25, 0.3) is 0 Å². The number of halogens is 5. The third-order valence-corrected chi connectivity index (χ3v) is 4.45. The molecule has 1 N–H and O–H groups in total. The molecular weight excluding hydrogens is 371 g/mol. The van der Waals surface area contributed by atoms with Crippen LogP contribution >= 0.6 is 58.0 Å². The van der Waals surface area contributed by atoms with Crippen molar-refractivity contribution in [1.29, 1.82) is 0 Å².